The molecule has 2 aliphatic heterocycles. The van der Waals surface area contributed by atoms with Crippen LogP contribution in [-0.4, -0.2) is 51.6 Å². The van der Waals surface area contributed by atoms with Crippen molar-refractivity contribution in [2.75, 3.05) is 39.6 Å². The van der Waals surface area contributed by atoms with Crippen molar-refractivity contribution in [1.82, 2.24) is 0 Å². The number of hydrogen-bond acceptors (Lipinski definition) is 6. The molecule has 0 radical (unpaired) electrons. The van der Waals surface area contributed by atoms with Gasteiger partial charge in [-0.15, -0.1) is 0 Å². The van der Waals surface area contributed by atoms with Gasteiger partial charge in [-0.2, -0.15) is 0 Å². The predicted octanol–water partition coefficient (Wildman–Crippen LogP) is 0.884. The van der Waals surface area contributed by atoms with Gasteiger partial charge in [-0.05, 0) is 13.8 Å². The number of carbonyl (C=O) groups excluding carboxylic acids is 2. The molecule has 2 heterocycles. The molecule has 0 N–H and O–H groups in total. The minimum atomic E-state index is -0.0224. The molecule has 4 aliphatic rings. The van der Waals surface area contributed by atoms with Crippen LogP contribution < -0.4 is 0 Å². The van der Waals surface area contributed by atoms with Crippen LogP contribution in [0.2, 0.25) is 0 Å². The van der Waals surface area contributed by atoms with E-state index in [-0.39, 0.29) is 23.8 Å². The number of esters is 2. The molecule has 0 bridgehead atoms. The summed E-state index contributed by atoms with van der Waals surface area (Å²) in [6, 6.07) is 0. The quantitative estimate of drug-likeness (QED) is 0.718. The zero-order chi connectivity index (χ0) is 15.7. The van der Waals surface area contributed by atoms with Crippen LogP contribution in [-0.2, 0) is 28.5 Å². The van der Waals surface area contributed by atoms with Crippen molar-refractivity contribution in [3.63, 3.8) is 0 Å². The molecule has 124 valence electrons. The van der Waals surface area contributed by atoms with E-state index in [1.807, 2.05) is 13.8 Å². The largest absolute Gasteiger partial charge is 0.466 e. The first-order chi connectivity index (χ1) is 10.7. The fraction of sp³-hybridized carbons (Fsp3) is 0.875. The highest BCUT2D eigenvalue weighted by Crippen LogP contribution is 2.51. The van der Waals surface area contributed by atoms with Crippen molar-refractivity contribution in [3.8, 4) is 0 Å². The molecule has 0 aromatic heterocycles. The maximum atomic E-state index is 11.1. The lowest BCUT2D eigenvalue weighted by atomic mass is 10.3. The van der Waals surface area contributed by atoms with Crippen LogP contribution in [0.25, 0.3) is 0 Å². The molecule has 0 aromatic rings. The lowest BCUT2D eigenvalue weighted by Crippen LogP contribution is -2.12. The highest BCUT2D eigenvalue weighted by molar-refractivity contribution is 5.77. The first-order valence-corrected chi connectivity index (χ1v) is 8.17. The number of hydrogen-bond donors (Lipinski definition) is 0. The molecule has 2 saturated carbocycles. The summed E-state index contributed by atoms with van der Waals surface area (Å²) >= 11 is 0. The van der Waals surface area contributed by atoms with Gasteiger partial charge in [-0.1, -0.05) is 0 Å². The van der Waals surface area contributed by atoms with Gasteiger partial charge in [0.05, 0.1) is 51.5 Å². The van der Waals surface area contributed by atoms with Gasteiger partial charge in [0.2, 0.25) is 0 Å². The van der Waals surface area contributed by atoms with Crippen LogP contribution in [0, 0.1) is 35.5 Å². The molecule has 4 fully saturated rings. The Labute approximate surface area is 130 Å². The Balaban J connectivity index is 0.000000131. The Morgan fingerprint density at radius 2 is 1.09 bits per heavy atom. The van der Waals surface area contributed by atoms with Gasteiger partial charge >= 0.3 is 11.9 Å². The molecule has 6 atom stereocenters. The average molecular weight is 312 g/mol. The Hall–Kier alpha value is -1.14. The minimum absolute atomic E-state index is 0.0224. The molecular weight excluding hydrogens is 288 g/mol. The number of fused-ring (bicyclic) bond motifs is 2. The molecular formula is C16H24O6. The van der Waals surface area contributed by atoms with Crippen LogP contribution >= 0.6 is 0 Å². The highest BCUT2D eigenvalue weighted by Gasteiger charge is 2.59. The summed E-state index contributed by atoms with van der Waals surface area (Å²) in [6.45, 7) is 7.70. The van der Waals surface area contributed by atoms with E-state index < -0.39 is 0 Å². The van der Waals surface area contributed by atoms with Gasteiger partial charge < -0.3 is 18.9 Å². The summed E-state index contributed by atoms with van der Waals surface area (Å²) in [7, 11) is 0. The average Bonchev–Trinajstić information content (AvgIpc) is 3.21. The Morgan fingerprint density at radius 1 is 0.773 bits per heavy atom. The summed E-state index contributed by atoms with van der Waals surface area (Å²) in [6.07, 6.45) is 0. The summed E-state index contributed by atoms with van der Waals surface area (Å²) in [5, 5.41) is 0. The van der Waals surface area contributed by atoms with Gasteiger partial charge in [-0.3, -0.25) is 9.59 Å². The third-order valence-electron chi connectivity index (χ3n) is 5.02. The molecule has 2 unspecified atom stereocenters. The molecule has 0 spiro atoms. The van der Waals surface area contributed by atoms with E-state index >= 15 is 0 Å². The fourth-order valence-electron chi connectivity index (χ4n) is 3.66. The van der Waals surface area contributed by atoms with E-state index in [4.69, 9.17) is 18.9 Å². The second-order valence-electron chi connectivity index (χ2n) is 6.29. The third kappa shape index (κ3) is 2.99. The molecule has 6 heteroatoms. The zero-order valence-electron chi connectivity index (χ0n) is 13.2. The highest BCUT2D eigenvalue weighted by atomic mass is 16.5. The topological polar surface area (TPSA) is 71.1 Å². The smallest absolute Gasteiger partial charge is 0.309 e. The van der Waals surface area contributed by atoms with Gasteiger partial charge in [0.25, 0.3) is 0 Å². The maximum Gasteiger partial charge on any atom is 0.309 e. The van der Waals surface area contributed by atoms with Gasteiger partial charge in [0, 0.05) is 23.7 Å². The maximum absolute atomic E-state index is 11.1. The van der Waals surface area contributed by atoms with Gasteiger partial charge in [-0.25, -0.2) is 0 Å². The molecule has 2 aliphatic carbocycles. The van der Waals surface area contributed by atoms with Crippen molar-refractivity contribution >= 4 is 11.9 Å². The van der Waals surface area contributed by atoms with Crippen molar-refractivity contribution in [1.29, 1.82) is 0 Å². The lowest BCUT2D eigenvalue weighted by molar-refractivity contribution is -0.147. The Bertz CT molecular complexity index is 376. The zero-order valence-corrected chi connectivity index (χ0v) is 13.2. The van der Waals surface area contributed by atoms with E-state index in [0.717, 1.165) is 26.4 Å². The molecule has 0 amide bonds. The molecule has 0 aromatic carbocycles. The molecule has 22 heavy (non-hydrogen) atoms. The van der Waals surface area contributed by atoms with Crippen LogP contribution in [0.15, 0.2) is 0 Å². The second kappa shape index (κ2) is 6.54. The van der Waals surface area contributed by atoms with E-state index in [0.29, 0.717) is 36.9 Å². The van der Waals surface area contributed by atoms with Crippen molar-refractivity contribution in [2.24, 2.45) is 35.5 Å². The van der Waals surface area contributed by atoms with Crippen molar-refractivity contribution in [2.45, 2.75) is 13.8 Å². The van der Waals surface area contributed by atoms with E-state index in [9.17, 15) is 9.59 Å². The van der Waals surface area contributed by atoms with Gasteiger partial charge in [0.15, 0.2) is 0 Å². The van der Waals surface area contributed by atoms with Crippen molar-refractivity contribution < 1.29 is 28.5 Å². The van der Waals surface area contributed by atoms with E-state index in [2.05, 4.69) is 0 Å². The fourth-order valence-corrected chi connectivity index (χ4v) is 3.66. The first kappa shape index (κ1) is 15.7. The normalized spacial score (nSPS) is 39.9. The molecule has 4 rings (SSSR count). The van der Waals surface area contributed by atoms with Crippen molar-refractivity contribution in [3.05, 3.63) is 0 Å². The third-order valence-corrected chi connectivity index (χ3v) is 5.02. The number of ether oxygens (including phenoxy) is 4. The summed E-state index contributed by atoms with van der Waals surface area (Å²) in [5.41, 5.74) is 0. The Morgan fingerprint density at radius 3 is 1.36 bits per heavy atom. The predicted molar refractivity (Wildman–Crippen MR) is 75.8 cm³/mol. The van der Waals surface area contributed by atoms with Crippen LogP contribution in [0.4, 0.5) is 0 Å². The second-order valence-corrected chi connectivity index (χ2v) is 6.29. The van der Waals surface area contributed by atoms with E-state index in [1.165, 1.54) is 0 Å². The standard InChI is InChI=1S/2C8H12O3/c2*1-2-11-8(9)7-5-3-10-4-6(5)7/h2*5-7H,2-4H2,1H3/t2*5-,6+,7?. The SMILES string of the molecule is CCOC(=O)C1[C@H]2COC[C@@H]12.CCOC(=O)C1[C@H]2COC[C@@H]12. The monoisotopic (exact) mass is 312 g/mol. The first-order valence-electron chi connectivity index (χ1n) is 8.17. The Kier molecular flexibility index (Phi) is 4.68. The van der Waals surface area contributed by atoms with Crippen LogP contribution in [0.5, 0.6) is 0 Å². The lowest BCUT2D eigenvalue weighted by Gasteiger charge is -2.02. The van der Waals surface area contributed by atoms with E-state index in [1.54, 1.807) is 0 Å². The van der Waals surface area contributed by atoms with Crippen LogP contribution in [0.1, 0.15) is 13.8 Å². The molecule has 6 nitrogen and oxygen atoms in total. The van der Waals surface area contributed by atoms with Crippen LogP contribution in [0.3, 0.4) is 0 Å². The number of rotatable bonds is 4. The number of carbonyl (C=O) groups is 2. The summed E-state index contributed by atoms with van der Waals surface area (Å²) in [4.78, 5) is 22.3. The van der Waals surface area contributed by atoms with Gasteiger partial charge in [0.1, 0.15) is 0 Å². The summed E-state index contributed by atoms with van der Waals surface area (Å²) < 4.78 is 20.1. The summed E-state index contributed by atoms with van der Waals surface area (Å²) in [5.74, 6) is 2.22. The molecule has 2 saturated heterocycles. The minimum Gasteiger partial charge on any atom is -0.466 e.